The first-order valence-corrected chi connectivity index (χ1v) is 4.30. The zero-order valence-corrected chi connectivity index (χ0v) is 7.72. The van der Waals surface area contributed by atoms with Gasteiger partial charge in [-0.25, -0.2) is 4.39 Å². The van der Waals surface area contributed by atoms with Crippen LogP contribution in [-0.4, -0.2) is 18.3 Å². The molecule has 13 heavy (non-hydrogen) atoms. The normalized spacial score (nSPS) is 10.1. The van der Waals surface area contributed by atoms with Crippen LogP contribution in [0.5, 0.6) is 5.75 Å². The molecule has 1 aromatic carbocycles. The van der Waals surface area contributed by atoms with Gasteiger partial charge in [-0.1, -0.05) is 11.6 Å². The molecule has 0 aliphatic rings. The number of halogens is 2. The molecule has 0 aliphatic carbocycles. The molecule has 0 aliphatic heterocycles. The Hall–Kier alpha value is -0.800. The Morgan fingerprint density at radius 3 is 2.85 bits per heavy atom. The van der Waals surface area contributed by atoms with Crippen molar-refractivity contribution >= 4 is 11.6 Å². The van der Waals surface area contributed by atoms with E-state index in [1.54, 1.807) is 0 Å². The van der Waals surface area contributed by atoms with Crippen LogP contribution in [0.2, 0.25) is 5.02 Å². The largest absolute Gasteiger partial charge is 0.492 e. The third-order valence-corrected chi connectivity index (χ3v) is 1.75. The van der Waals surface area contributed by atoms with Crippen molar-refractivity contribution in [2.75, 3.05) is 13.2 Å². The third kappa shape index (κ3) is 3.20. The fourth-order valence-corrected chi connectivity index (χ4v) is 1.06. The lowest BCUT2D eigenvalue weighted by Gasteiger charge is -2.06. The van der Waals surface area contributed by atoms with Crippen LogP contribution in [0.25, 0.3) is 0 Å². The van der Waals surface area contributed by atoms with Crippen LogP contribution >= 0.6 is 11.6 Å². The molecule has 0 saturated carbocycles. The zero-order chi connectivity index (χ0) is 9.68. The lowest BCUT2D eigenvalue weighted by molar-refractivity contribution is 0.233. The molecule has 0 aromatic heterocycles. The molecule has 0 saturated heterocycles. The average Bonchev–Trinajstić information content (AvgIpc) is 2.09. The Bertz CT molecular complexity index is 278. The molecule has 0 amide bonds. The van der Waals surface area contributed by atoms with Gasteiger partial charge in [0.2, 0.25) is 0 Å². The fraction of sp³-hybridized carbons (Fsp3) is 0.333. The summed E-state index contributed by atoms with van der Waals surface area (Å²) in [5.74, 6) is 0.0519. The van der Waals surface area contributed by atoms with Crippen molar-refractivity contribution in [2.45, 2.75) is 6.42 Å². The second-order valence-electron chi connectivity index (χ2n) is 2.50. The van der Waals surface area contributed by atoms with Crippen LogP contribution in [0.15, 0.2) is 18.2 Å². The summed E-state index contributed by atoms with van der Waals surface area (Å²) in [6, 6.07) is 3.94. The van der Waals surface area contributed by atoms with Gasteiger partial charge in [-0.3, -0.25) is 0 Å². The lowest BCUT2D eigenvalue weighted by atomic mass is 10.3. The Labute approximate surface area is 80.9 Å². The van der Waals surface area contributed by atoms with Crippen molar-refractivity contribution < 1.29 is 14.2 Å². The average molecular weight is 205 g/mol. The maximum atomic E-state index is 12.6. The van der Waals surface area contributed by atoms with Crippen LogP contribution in [0, 0.1) is 5.82 Å². The summed E-state index contributed by atoms with van der Waals surface area (Å²) in [7, 11) is 0. The van der Waals surface area contributed by atoms with Crippen LogP contribution in [0.3, 0.4) is 0 Å². The summed E-state index contributed by atoms with van der Waals surface area (Å²) in [4.78, 5) is 0. The molecule has 0 atom stereocenters. The van der Waals surface area contributed by atoms with Gasteiger partial charge < -0.3 is 9.84 Å². The fourth-order valence-electron chi connectivity index (χ4n) is 0.839. The third-order valence-electron chi connectivity index (χ3n) is 1.45. The summed E-state index contributed by atoms with van der Waals surface area (Å²) >= 11 is 5.68. The molecule has 0 radical (unpaired) electrons. The van der Waals surface area contributed by atoms with Crippen molar-refractivity contribution in [3.05, 3.63) is 29.0 Å². The number of hydrogen-bond donors (Lipinski definition) is 1. The predicted molar refractivity (Wildman–Crippen MR) is 48.6 cm³/mol. The Kier molecular flexibility index (Phi) is 3.99. The topological polar surface area (TPSA) is 29.5 Å². The van der Waals surface area contributed by atoms with E-state index in [9.17, 15) is 4.39 Å². The minimum atomic E-state index is -0.389. The number of aliphatic hydroxyl groups excluding tert-OH is 1. The molecular weight excluding hydrogens is 195 g/mol. The van der Waals surface area contributed by atoms with E-state index >= 15 is 0 Å². The van der Waals surface area contributed by atoms with Gasteiger partial charge in [0.1, 0.15) is 11.6 Å². The van der Waals surface area contributed by atoms with Gasteiger partial charge >= 0.3 is 0 Å². The molecule has 0 unspecified atom stereocenters. The Morgan fingerprint density at radius 2 is 2.23 bits per heavy atom. The van der Waals surface area contributed by atoms with Gasteiger partial charge in [-0.05, 0) is 18.2 Å². The smallest absolute Gasteiger partial charge is 0.138 e. The molecule has 72 valence electrons. The minimum Gasteiger partial charge on any atom is -0.492 e. The standard InChI is InChI=1S/C9H10ClFO2/c10-8-6-7(11)2-3-9(8)13-5-1-4-12/h2-3,6,12H,1,4-5H2. The highest BCUT2D eigenvalue weighted by Crippen LogP contribution is 2.24. The van der Waals surface area contributed by atoms with Crippen molar-refractivity contribution in [3.63, 3.8) is 0 Å². The van der Waals surface area contributed by atoms with Crippen LogP contribution in [-0.2, 0) is 0 Å². The van der Waals surface area contributed by atoms with Gasteiger partial charge in [0, 0.05) is 13.0 Å². The van der Waals surface area contributed by atoms with Gasteiger partial charge in [0.05, 0.1) is 11.6 Å². The summed E-state index contributed by atoms with van der Waals surface area (Å²) in [6.45, 7) is 0.445. The number of ether oxygens (including phenoxy) is 1. The number of benzene rings is 1. The quantitative estimate of drug-likeness (QED) is 0.763. The van der Waals surface area contributed by atoms with Crippen molar-refractivity contribution in [2.24, 2.45) is 0 Å². The molecule has 0 bridgehead atoms. The van der Waals surface area contributed by atoms with Gasteiger partial charge in [0.15, 0.2) is 0 Å². The van der Waals surface area contributed by atoms with E-state index in [1.807, 2.05) is 0 Å². The lowest BCUT2D eigenvalue weighted by Crippen LogP contribution is -2.00. The van der Waals surface area contributed by atoms with Crippen LogP contribution in [0.4, 0.5) is 4.39 Å². The number of rotatable bonds is 4. The molecule has 0 fully saturated rings. The highest BCUT2D eigenvalue weighted by atomic mass is 35.5. The molecule has 1 aromatic rings. The van der Waals surface area contributed by atoms with Gasteiger partial charge in [-0.15, -0.1) is 0 Å². The van der Waals surface area contributed by atoms with E-state index in [2.05, 4.69) is 0 Å². The highest BCUT2D eigenvalue weighted by Gasteiger charge is 2.01. The van der Waals surface area contributed by atoms with Crippen molar-refractivity contribution in [3.8, 4) is 5.75 Å². The van der Waals surface area contributed by atoms with Gasteiger partial charge in [0.25, 0.3) is 0 Å². The Balaban J connectivity index is 2.56. The van der Waals surface area contributed by atoms with Gasteiger partial charge in [-0.2, -0.15) is 0 Å². The molecule has 0 spiro atoms. The molecule has 1 rings (SSSR count). The maximum absolute atomic E-state index is 12.6. The zero-order valence-electron chi connectivity index (χ0n) is 6.96. The van der Waals surface area contributed by atoms with E-state index in [0.717, 1.165) is 0 Å². The molecule has 0 heterocycles. The van der Waals surface area contributed by atoms with E-state index in [0.29, 0.717) is 18.8 Å². The predicted octanol–water partition coefficient (Wildman–Crippen LogP) is 2.24. The molecule has 4 heteroatoms. The second kappa shape index (κ2) is 5.04. The first-order chi connectivity index (χ1) is 6.24. The SMILES string of the molecule is OCCCOc1ccc(F)cc1Cl. The number of aliphatic hydroxyl groups is 1. The van der Waals surface area contributed by atoms with E-state index < -0.39 is 0 Å². The monoisotopic (exact) mass is 204 g/mol. The van der Waals surface area contributed by atoms with Crippen molar-refractivity contribution in [1.82, 2.24) is 0 Å². The Morgan fingerprint density at radius 1 is 1.46 bits per heavy atom. The maximum Gasteiger partial charge on any atom is 0.138 e. The van der Waals surface area contributed by atoms with E-state index in [-0.39, 0.29) is 17.4 Å². The second-order valence-corrected chi connectivity index (χ2v) is 2.91. The van der Waals surface area contributed by atoms with E-state index in [1.165, 1.54) is 18.2 Å². The first kappa shape index (κ1) is 10.3. The molecule has 1 N–H and O–H groups in total. The highest BCUT2D eigenvalue weighted by molar-refractivity contribution is 6.32. The summed E-state index contributed by atoms with van der Waals surface area (Å²) in [6.07, 6.45) is 0.535. The molecular formula is C9H10ClFO2. The van der Waals surface area contributed by atoms with Crippen LogP contribution < -0.4 is 4.74 Å². The minimum absolute atomic E-state index is 0.0683. The van der Waals surface area contributed by atoms with Crippen LogP contribution in [0.1, 0.15) is 6.42 Å². The van der Waals surface area contributed by atoms with E-state index in [4.69, 9.17) is 21.4 Å². The summed E-state index contributed by atoms with van der Waals surface area (Å²) in [5, 5.41) is 8.73. The van der Waals surface area contributed by atoms with Crippen molar-refractivity contribution in [1.29, 1.82) is 0 Å². The number of hydrogen-bond acceptors (Lipinski definition) is 2. The summed E-state index contributed by atoms with van der Waals surface area (Å²) in [5.41, 5.74) is 0. The first-order valence-electron chi connectivity index (χ1n) is 3.93. The summed E-state index contributed by atoms with van der Waals surface area (Å²) < 4.78 is 17.7. The molecule has 2 nitrogen and oxygen atoms in total.